The van der Waals surface area contributed by atoms with Crippen molar-refractivity contribution in [3.63, 3.8) is 0 Å². The van der Waals surface area contributed by atoms with Gasteiger partial charge in [-0.1, -0.05) is 29.3 Å². The van der Waals surface area contributed by atoms with E-state index in [1.54, 1.807) is 37.6 Å². The summed E-state index contributed by atoms with van der Waals surface area (Å²) in [7, 11) is 1.68. The fourth-order valence-electron chi connectivity index (χ4n) is 1.65. The first-order valence-corrected chi connectivity index (χ1v) is 7.22. The highest BCUT2D eigenvalue weighted by Crippen LogP contribution is 2.30. The highest BCUT2D eigenvalue weighted by molar-refractivity contribution is 6.35. The molecule has 1 heterocycles. The van der Waals surface area contributed by atoms with E-state index in [-0.39, 0.29) is 0 Å². The van der Waals surface area contributed by atoms with Gasteiger partial charge in [-0.15, -0.1) is 0 Å². The number of nitrogens with one attached hydrogen (secondary N) is 1. The number of benzene rings is 1. The summed E-state index contributed by atoms with van der Waals surface area (Å²) in [5.74, 6) is 1.01. The summed E-state index contributed by atoms with van der Waals surface area (Å²) in [6, 6.07) is 8.82. The Hall–Kier alpha value is -1.33. The molecule has 0 unspecified atom stereocenters. The molecule has 1 N–H and O–H groups in total. The van der Waals surface area contributed by atoms with Crippen LogP contribution in [0.1, 0.15) is 5.56 Å². The minimum atomic E-state index is 0.453. The van der Waals surface area contributed by atoms with Gasteiger partial charge in [0.15, 0.2) is 0 Å². The van der Waals surface area contributed by atoms with E-state index in [1.165, 1.54) is 0 Å². The van der Waals surface area contributed by atoms with Crippen molar-refractivity contribution in [3.05, 3.63) is 52.1 Å². The molecule has 0 bridgehead atoms. The third-order valence-electron chi connectivity index (χ3n) is 2.72. The fourth-order valence-corrected chi connectivity index (χ4v) is 2.10. The molecule has 0 saturated heterocycles. The zero-order valence-electron chi connectivity index (χ0n) is 11.6. The van der Waals surface area contributed by atoms with Gasteiger partial charge in [-0.25, -0.2) is 4.98 Å². The van der Waals surface area contributed by atoms with Crippen LogP contribution in [0.5, 0.6) is 11.6 Å². The lowest BCUT2D eigenvalue weighted by atomic mass is 10.3. The number of ether oxygens (including phenoxy) is 2. The third kappa shape index (κ3) is 5.17. The molecule has 0 radical (unpaired) electrons. The molecule has 1 aromatic carbocycles. The second kappa shape index (κ2) is 8.20. The van der Waals surface area contributed by atoms with Crippen molar-refractivity contribution in [2.75, 3.05) is 20.3 Å². The van der Waals surface area contributed by atoms with Gasteiger partial charge in [0.2, 0.25) is 5.88 Å². The monoisotopic (exact) mass is 326 g/mol. The molecular weight excluding hydrogens is 311 g/mol. The predicted molar refractivity (Wildman–Crippen MR) is 84.4 cm³/mol. The maximum Gasteiger partial charge on any atom is 0.219 e. The highest BCUT2D eigenvalue weighted by atomic mass is 35.5. The summed E-state index contributed by atoms with van der Waals surface area (Å²) < 4.78 is 10.6. The Morgan fingerprint density at radius 2 is 2.05 bits per heavy atom. The number of pyridine rings is 1. The second-order valence-electron chi connectivity index (χ2n) is 4.35. The molecule has 4 nitrogen and oxygen atoms in total. The molecule has 1 aromatic heterocycles. The average molecular weight is 327 g/mol. The van der Waals surface area contributed by atoms with Crippen molar-refractivity contribution in [1.82, 2.24) is 10.3 Å². The van der Waals surface area contributed by atoms with Crippen LogP contribution in [-0.4, -0.2) is 25.2 Å². The molecule has 0 aliphatic heterocycles. The average Bonchev–Trinajstić information content (AvgIpc) is 2.48. The van der Waals surface area contributed by atoms with Crippen LogP contribution in [0.3, 0.4) is 0 Å². The molecule has 6 heteroatoms. The first kappa shape index (κ1) is 16.0. The zero-order valence-corrected chi connectivity index (χ0v) is 13.1. The van der Waals surface area contributed by atoms with E-state index in [9.17, 15) is 0 Å². The highest BCUT2D eigenvalue weighted by Gasteiger charge is 2.05. The lowest BCUT2D eigenvalue weighted by Crippen LogP contribution is -2.18. The Bertz CT molecular complexity index is 576. The van der Waals surface area contributed by atoms with Gasteiger partial charge in [0, 0.05) is 37.5 Å². The van der Waals surface area contributed by atoms with Crippen LogP contribution in [0.15, 0.2) is 36.5 Å². The summed E-state index contributed by atoms with van der Waals surface area (Å²) in [6.45, 7) is 2.22. The van der Waals surface area contributed by atoms with Crippen LogP contribution in [0, 0.1) is 0 Å². The molecule has 112 valence electrons. The molecule has 0 aliphatic rings. The Kier molecular flexibility index (Phi) is 6.26. The summed E-state index contributed by atoms with van der Waals surface area (Å²) in [5.41, 5.74) is 1.07. The van der Waals surface area contributed by atoms with Crippen molar-refractivity contribution in [2.45, 2.75) is 6.54 Å². The Morgan fingerprint density at radius 1 is 1.19 bits per heavy atom. The number of hydrogen-bond donors (Lipinski definition) is 1. The maximum atomic E-state index is 6.05. The van der Waals surface area contributed by atoms with E-state index >= 15 is 0 Å². The molecule has 0 saturated carbocycles. The molecule has 2 rings (SSSR count). The minimum Gasteiger partial charge on any atom is -0.437 e. The summed E-state index contributed by atoms with van der Waals surface area (Å²) in [6.07, 6.45) is 1.76. The van der Waals surface area contributed by atoms with E-state index in [0.717, 1.165) is 18.7 Å². The smallest absolute Gasteiger partial charge is 0.219 e. The first-order chi connectivity index (χ1) is 10.2. The van der Waals surface area contributed by atoms with Crippen molar-refractivity contribution in [3.8, 4) is 11.6 Å². The standard InChI is InChI=1S/C15H16Cl2N2O2/c1-20-7-6-18-9-11-2-5-15(19-10-11)21-14-4-3-12(16)8-13(14)17/h2-5,8,10,18H,6-7,9H2,1H3. The van der Waals surface area contributed by atoms with E-state index in [0.29, 0.717) is 28.3 Å². The van der Waals surface area contributed by atoms with E-state index < -0.39 is 0 Å². The van der Waals surface area contributed by atoms with Gasteiger partial charge >= 0.3 is 0 Å². The van der Waals surface area contributed by atoms with Crippen molar-refractivity contribution >= 4 is 23.2 Å². The van der Waals surface area contributed by atoms with Crippen LogP contribution in [0.2, 0.25) is 10.0 Å². The van der Waals surface area contributed by atoms with Gasteiger partial charge in [-0.2, -0.15) is 0 Å². The van der Waals surface area contributed by atoms with Gasteiger partial charge in [-0.05, 0) is 23.8 Å². The van der Waals surface area contributed by atoms with Crippen LogP contribution in [0.4, 0.5) is 0 Å². The first-order valence-electron chi connectivity index (χ1n) is 6.46. The number of methoxy groups -OCH3 is 1. The Morgan fingerprint density at radius 3 is 2.71 bits per heavy atom. The molecule has 0 atom stereocenters. The molecule has 21 heavy (non-hydrogen) atoms. The van der Waals surface area contributed by atoms with Gasteiger partial charge < -0.3 is 14.8 Å². The van der Waals surface area contributed by atoms with E-state index in [1.807, 2.05) is 6.07 Å². The van der Waals surface area contributed by atoms with Crippen LogP contribution >= 0.6 is 23.2 Å². The molecule has 0 aliphatic carbocycles. The van der Waals surface area contributed by atoms with Gasteiger partial charge in [0.25, 0.3) is 0 Å². The largest absolute Gasteiger partial charge is 0.437 e. The Labute approximate surface area is 134 Å². The predicted octanol–water partition coefficient (Wildman–Crippen LogP) is 3.92. The SMILES string of the molecule is COCCNCc1ccc(Oc2ccc(Cl)cc2Cl)nc1. The maximum absolute atomic E-state index is 6.05. The van der Waals surface area contributed by atoms with Gasteiger partial charge in [0.05, 0.1) is 11.6 Å². The number of hydrogen-bond acceptors (Lipinski definition) is 4. The lowest BCUT2D eigenvalue weighted by Gasteiger charge is -2.08. The molecule has 0 spiro atoms. The summed E-state index contributed by atoms with van der Waals surface area (Å²) in [5, 5.41) is 4.27. The molecule has 0 amide bonds. The van der Waals surface area contributed by atoms with E-state index in [4.69, 9.17) is 32.7 Å². The number of rotatable bonds is 7. The van der Waals surface area contributed by atoms with Crippen molar-refractivity contribution < 1.29 is 9.47 Å². The normalized spacial score (nSPS) is 10.6. The second-order valence-corrected chi connectivity index (χ2v) is 5.19. The summed E-state index contributed by atoms with van der Waals surface area (Å²) in [4.78, 5) is 4.25. The van der Waals surface area contributed by atoms with Crippen molar-refractivity contribution in [2.24, 2.45) is 0 Å². The molecular formula is C15H16Cl2N2O2. The quantitative estimate of drug-likeness (QED) is 0.783. The minimum absolute atomic E-state index is 0.453. The van der Waals surface area contributed by atoms with Gasteiger partial charge in [-0.3, -0.25) is 0 Å². The lowest BCUT2D eigenvalue weighted by molar-refractivity contribution is 0.199. The number of halogens is 2. The Balaban J connectivity index is 1.92. The number of nitrogens with zero attached hydrogens (tertiary/aromatic N) is 1. The van der Waals surface area contributed by atoms with Crippen LogP contribution in [0.25, 0.3) is 0 Å². The molecule has 2 aromatic rings. The van der Waals surface area contributed by atoms with Crippen LogP contribution in [-0.2, 0) is 11.3 Å². The third-order valence-corrected chi connectivity index (χ3v) is 3.25. The van der Waals surface area contributed by atoms with E-state index in [2.05, 4.69) is 10.3 Å². The topological polar surface area (TPSA) is 43.4 Å². The fraction of sp³-hybridized carbons (Fsp3) is 0.267. The summed E-state index contributed by atoms with van der Waals surface area (Å²) >= 11 is 11.9. The van der Waals surface area contributed by atoms with Gasteiger partial charge in [0.1, 0.15) is 5.75 Å². The molecule has 0 fully saturated rings. The van der Waals surface area contributed by atoms with Crippen LogP contribution < -0.4 is 10.1 Å². The number of aromatic nitrogens is 1. The van der Waals surface area contributed by atoms with Crippen molar-refractivity contribution in [1.29, 1.82) is 0 Å². The zero-order chi connectivity index (χ0) is 15.1.